The van der Waals surface area contributed by atoms with Gasteiger partial charge in [-0.05, 0) is 20.8 Å². The Balaban J connectivity index is 1.48. The number of hydrogen-bond donors (Lipinski definition) is 0. The number of amides is 1. The van der Waals surface area contributed by atoms with E-state index < -0.39 is 26.7 Å². The Bertz CT molecular complexity index is 962. The molecule has 3 heterocycles. The molecule has 7 heteroatoms. The normalized spacial score (nSPS) is 19.7. The third-order valence-electron chi connectivity index (χ3n) is 5.46. The minimum atomic E-state index is -0.729. The number of aromatic nitrogens is 2. The van der Waals surface area contributed by atoms with Gasteiger partial charge in [0.15, 0.2) is 0 Å². The molecule has 4 rings (SSSR count). The van der Waals surface area contributed by atoms with Crippen molar-refractivity contribution >= 4 is 47.8 Å². The molecule has 0 N–H and O–H groups in total. The van der Waals surface area contributed by atoms with Crippen LogP contribution in [0.5, 0.6) is 0 Å². The number of hydrogen-bond acceptors (Lipinski definition) is 5. The fraction of sp³-hybridized carbons (Fsp3) is 0.625. The van der Waals surface area contributed by atoms with Crippen LogP contribution in [-0.2, 0) is 4.74 Å². The molecule has 0 bridgehead atoms. The third-order valence-corrected chi connectivity index (χ3v) is 9.12. The molecule has 2 aromatic heterocycles. The summed E-state index contributed by atoms with van der Waals surface area (Å²) < 4.78 is 7.36. The number of anilines is 1. The fourth-order valence-electron chi connectivity index (χ4n) is 4.07. The molecular formula is C24H34N4O2Sn. The second kappa shape index (κ2) is 8.41. The van der Waals surface area contributed by atoms with Gasteiger partial charge in [-0.1, -0.05) is 0 Å². The minimum absolute atomic E-state index is 0.172. The maximum absolute atomic E-state index is 12.8. The van der Waals surface area contributed by atoms with Gasteiger partial charge in [-0.25, -0.2) is 0 Å². The van der Waals surface area contributed by atoms with E-state index in [0.717, 1.165) is 49.2 Å². The first-order valence-electron chi connectivity index (χ1n) is 11.3. The van der Waals surface area contributed by atoms with Crippen LogP contribution in [0.25, 0.3) is 11.0 Å². The zero-order valence-electron chi connectivity index (χ0n) is 19.6. The van der Waals surface area contributed by atoms with E-state index in [9.17, 15) is 4.79 Å². The molecule has 1 atom stereocenters. The first-order valence-corrected chi connectivity index (χ1v) is 14.2. The van der Waals surface area contributed by atoms with E-state index in [1.165, 1.54) is 3.71 Å². The Morgan fingerprint density at radius 2 is 1.68 bits per heavy atom. The van der Waals surface area contributed by atoms with Crippen LogP contribution in [0, 0.1) is 0 Å². The SMILES string of the molecule is CC(C)(C)OC(=O)N(C1CC1)C1CCN(c2ccc3n[c]([Sn][C](C)(C)C)ccc3n2)C1. The molecular weight excluding hydrogens is 495 g/mol. The van der Waals surface area contributed by atoms with Gasteiger partial charge in [0.1, 0.15) is 5.60 Å². The first kappa shape index (κ1) is 22.6. The quantitative estimate of drug-likeness (QED) is 0.558. The van der Waals surface area contributed by atoms with Crippen molar-refractivity contribution in [2.45, 2.75) is 81.9 Å². The van der Waals surface area contributed by atoms with Crippen molar-refractivity contribution in [2.75, 3.05) is 18.0 Å². The number of nitrogens with zero attached hydrogens (tertiary/aromatic N) is 4. The number of carbonyl (C=O) groups is 1. The van der Waals surface area contributed by atoms with Crippen LogP contribution in [0.1, 0.15) is 60.8 Å². The van der Waals surface area contributed by atoms with Crippen molar-refractivity contribution in [1.29, 1.82) is 0 Å². The molecule has 1 aliphatic heterocycles. The molecule has 6 nitrogen and oxygen atoms in total. The van der Waals surface area contributed by atoms with Crippen molar-refractivity contribution in [2.24, 2.45) is 0 Å². The second-order valence-corrected chi connectivity index (χ2v) is 17.2. The Hall–Kier alpha value is -1.57. The number of fused-ring (bicyclic) bond motifs is 1. The molecule has 1 saturated heterocycles. The number of rotatable bonds is 4. The molecule has 2 fully saturated rings. The predicted molar refractivity (Wildman–Crippen MR) is 126 cm³/mol. The van der Waals surface area contributed by atoms with E-state index in [1.54, 1.807) is 0 Å². The van der Waals surface area contributed by atoms with Gasteiger partial charge in [0.25, 0.3) is 0 Å². The molecule has 166 valence electrons. The van der Waals surface area contributed by atoms with E-state index in [4.69, 9.17) is 14.7 Å². The summed E-state index contributed by atoms with van der Waals surface area (Å²) in [7, 11) is 0. The van der Waals surface area contributed by atoms with Crippen molar-refractivity contribution in [1.82, 2.24) is 14.9 Å². The summed E-state index contributed by atoms with van der Waals surface area (Å²) in [5.74, 6) is 0.972. The van der Waals surface area contributed by atoms with E-state index in [1.807, 2.05) is 25.7 Å². The predicted octanol–water partition coefficient (Wildman–Crippen LogP) is 4.16. The average molecular weight is 529 g/mol. The molecule has 2 aromatic rings. The monoisotopic (exact) mass is 530 g/mol. The summed E-state index contributed by atoms with van der Waals surface area (Å²) in [6.07, 6.45) is 2.94. The zero-order chi connectivity index (χ0) is 22.4. The van der Waals surface area contributed by atoms with Crippen LogP contribution in [0.15, 0.2) is 24.3 Å². The topological polar surface area (TPSA) is 58.6 Å². The summed E-state index contributed by atoms with van der Waals surface area (Å²) in [4.78, 5) is 26.9. The summed E-state index contributed by atoms with van der Waals surface area (Å²) in [5, 5.41) is 0. The standard InChI is InChI=1S/C20H25N4O2.C4H9.Sn/c1-20(2,3)26-19(25)24(14-6-7-14)15-10-12-23(13-15)18-9-8-16-17(22-18)5-4-11-21-16;1-4(2)3;/h4-5,8-9,14-15H,6-7,10,12-13H2,1-3H3;1-3H3;. The molecule has 1 unspecified atom stereocenters. The van der Waals surface area contributed by atoms with Gasteiger partial charge in [0.2, 0.25) is 0 Å². The molecule has 2 radical (unpaired) electrons. The third kappa shape index (κ3) is 5.82. The Labute approximate surface area is 196 Å². The summed E-state index contributed by atoms with van der Waals surface area (Å²) in [5.41, 5.74) is 1.46. The van der Waals surface area contributed by atoms with Crippen molar-refractivity contribution in [3.05, 3.63) is 24.3 Å². The van der Waals surface area contributed by atoms with Crippen LogP contribution in [0.3, 0.4) is 0 Å². The first-order chi connectivity index (χ1) is 14.5. The van der Waals surface area contributed by atoms with Gasteiger partial charge in [-0.2, -0.15) is 0 Å². The van der Waals surface area contributed by atoms with Gasteiger partial charge >= 0.3 is 170 Å². The van der Waals surface area contributed by atoms with Gasteiger partial charge in [0, 0.05) is 0 Å². The Kier molecular flexibility index (Phi) is 6.14. The van der Waals surface area contributed by atoms with Gasteiger partial charge < -0.3 is 0 Å². The summed E-state index contributed by atoms with van der Waals surface area (Å²) in [6, 6.07) is 8.99. The molecule has 0 spiro atoms. The summed E-state index contributed by atoms with van der Waals surface area (Å²) in [6.45, 7) is 14.4. The molecule has 1 aliphatic carbocycles. The van der Waals surface area contributed by atoms with E-state index in [-0.39, 0.29) is 12.1 Å². The van der Waals surface area contributed by atoms with Crippen molar-refractivity contribution in [3.63, 3.8) is 0 Å². The molecule has 1 saturated carbocycles. The van der Waals surface area contributed by atoms with Crippen molar-refractivity contribution < 1.29 is 9.53 Å². The van der Waals surface area contributed by atoms with Gasteiger partial charge in [0.05, 0.1) is 0 Å². The summed E-state index contributed by atoms with van der Waals surface area (Å²) >= 11 is -0.729. The van der Waals surface area contributed by atoms with Crippen LogP contribution in [-0.4, -0.2) is 72.9 Å². The maximum atomic E-state index is 12.8. The Morgan fingerprint density at radius 3 is 2.32 bits per heavy atom. The van der Waals surface area contributed by atoms with Crippen LogP contribution < -0.4 is 8.61 Å². The van der Waals surface area contributed by atoms with Crippen LogP contribution in [0.2, 0.25) is 3.43 Å². The Morgan fingerprint density at radius 1 is 1.00 bits per heavy atom. The average Bonchev–Trinajstić information content (AvgIpc) is 3.34. The van der Waals surface area contributed by atoms with Crippen molar-refractivity contribution in [3.8, 4) is 0 Å². The molecule has 31 heavy (non-hydrogen) atoms. The number of carbonyl (C=O) groups excluding carboxylic acids is 1. The number of pyridine rings is 2. The van der Waals surface area contributed by atoms with E-state index in [0.29, 0.717) is 9.47 Å². The molecule has 1 amide bonds. The van der Waals surface area contributed by atoms with E-state index >= 15 is 0 Å². The fourth-order valence-corrected chi connectivity index (χ4v) is 7.24. The number of ether oxygens (including phenoxy) is 1. The van der Waals surface area contributed by atoms with Gasteiger partial charge in [-0.3, -0.25) is 0 Å². The van der Waals surface area contributed by atoms with Gasteiger partial charge in [-0.15, -0.1) is 0 Å². The molecule has 2 aliphatic rings. The zero-order valence-corrected chi connectivity index (χ0v) is 22.5. The molecule has 0 aromatic carbocycles. The second-order valence-electron chi connectivity index (χ2n) is 10.8. The van der Waals surface area contributed by atoms with Crippen LogP contribution in [0.4, 0.5) is 10.6 Å². The van der Waals surface area contributed by atoms with Crippen LogP contribution >= 0.6 is 0 Å². The van der Waals surface area contributed by atoms with E-state index in [2.05, 4.69) is 49.9 Å².